The predicted octanol–water partition coefficient (Wildman–Crippen LogP) is 6.66. The van der Waals surface area contributed by atoms with Gasteiger partial charge in [-0.05, 0) is 73.6 Å². The SMILES string of the molecule is C=C(C)[C@H]1CCC(COC(C)=O)=C[C@@H]1c1c(O)cc(C2(CCCCCC)CC2)cc1O. The smallest absolute Gasteiger partial charge is 0.302 e. The molecule has 0 aromatic heterocycles. The molecule has 4 heteroatoms. The molecule has 0 aliphatic heterocycles. The van der Waals surface area contributed by atoms with Gasteiger partial charge in [0, 0.05) is 18.4 Å². The molecule has 2 N–H and O–H groups in total. The number of rotatable bonds is 10. The van der Waals surface area contributed by atoms with Crippen LogP contribution in [0.2, 0.25) is 0 Å². The average molecular weight is 427 g/mol. The van der Waals surface area contributed by atoms with Gasteiger partial charge in [0.1, 0.15) is 18.1 Å². The van der Waals surface area contributed by atoms with E-state index in [-0.39, 0.29) is 41.3 Å². The molecule has 0 radical (unpaired) electrons. The lowest BCUT2D eigenvalue weighted by Crippen LogP contribution is -2.20. The monoisotopic (exact) mass is 426 g/mol. The summed E-state index contributed by atoms with van der Waals surface area (Å²) in [7, 11) is 0. The molecule has 31 heavy (non-hydrogen) atoms. The van der Waals surface area contributed by atoms with E-state index >= 15 is 0 Å². The minimum absolute atomic E-state index is 0.123. The van der Waals surface area contributed by atoms with Gasteiger partial charge in [0.05, 0.1) is 0 Å². The number of aromatic hydroxyl groups is 2. The summed E-state index contributed by atoms with van der Waals surface area (Å²) >= 11 is 0. The number of ether oxygens (including phenoxy) is 1. The van der Waals surface area contributed by atoms with Crippen LogP contribution in [0.3, 0.4) is 0 Å². The molecular weight excluding hydrogens is 388 g/mol. The van der Waals surface area contributed by atoms with Crippen molar-refractivity contribution < 1.29 is 19.7 Å². The van der Waals surface area contributed by atoms with Crippen molar-refractivity contribution in [3.05, 3.63) is 47.1 Å². The first-order chi connectivity index (χ1) is 14.8. The summed E-state index contributed by atoms with van der Waals surface area (Å²) in [4.78, 5) is 11.2. The molecule has 0 unspecified atom stereocenters. The lowest BCUT2D eigenvalue weighted by molar-refractivity contribution is -0.140. The molecule has 0 amide bonds. The molecule has 170 valence electrons. The summed E-state index contributed by atoms with van der Waals surface area (Å²) in [5.41, 5.74) is 3.81. The quantitative estimate of drug-likeness (QED) is 0.249. The molecular formula is C27H38O4. The molecule has 2 atom stereocenters. The molecule has 2 aliphatic carbocycles. The van der Waals surface area contributed by atoms with Crippen molar-refractivity contribution in [1.82, 2.24) is 0 Å². The van der Waals surface area contributed by atoms with Crippen LogP contribution in [0.1, 0.15) is 95.6 Å². The van der Waals surface area contributed by atoms with E-state index in [1.165, 1.54) is 32.6 Å². The van der Waals surface area contributed by atoms with Crippen molar-refractivity contribution in [2.75, 3.05) is 6.61 Å². The molecule has 1 aromatic carbocycles. The van der Waals surface area contributed by atoms with Crippen LogP contribution in [0.4, 0.5) is 0 Å². The number of hydrogen-bond donors (Lipinski definition) is 2. The Morgan fingerprint density at radius 2 is 1.84 bits per heavy atom. The van der Waals surface area contributed by atoms with Gasteiger partial charge in [0.25, 0.3) is 0 Å². The molecule has 4 nitrogen and oxygen atoms in total. The Bertz CT molecular complexity index is 824. The molecule has 1 aromatic rings. The summed E-state index contributed by atoms with van der Waals surface area (Å²) in [5.74, 6) is -0.0199. The fourth-order valence-corrected chi connectivity index (χ4v) is 5.12. The van der Waals surface area contributed by atoms with E-state index in [9.17, 15) is 15.0 Å². The molecule has 0 spiro atoms. The minimum Gasteiger partial charge on any atom is -0.507 e. The number of benzene rings is 1. The predicted molar refractivity (Wildman–Crippen MR) is 124 cm³/mol. The highest BCUT2D eigenvalue weighted by Crippen LogP contribution is 2.55. The first-order valence-electron chi connectivity index (χ1n) is 11.8. The lowest BCUT2D eigenvalue weighted by atomic mass is 9.73. The van der Waals surface area contributed by atoms with Crippen molar-refractivity contribution in [2.24, 2.45) is 5.92 Å². The number of carbonyl (C=O) groups excluding carboxylic acids is 1. The number of esters is 1. The van der Waals surface area contributed by atoms with Crippen molar-refractivity contribution in [2.45, 2.75) is 89.9 Å². The van der Waals surface area contributed by atoms with Gasteiger partial charge in [-0.3, -0.25) is 4.79 Å². The Labute approximate surface area is 187 Å². The fraction of sp³-hybridized carbons (Fsp3) is 0.593. The molecule has 2 aliphatic rings. The number of unbranched alkanes of at least 4 members (excludes halogenated alkanes) is 3. The summed E-state index contributed by atoms with van der Waals surface area (Å²) in [6.07, 6.45) is 12.0. The molecule has 0 bridgehead atoms. The summed E-state index contributed by atoms with van der Waals surface area (Å²) in [6, 6.07) is 3.76. The van der Waals surface area contributed by atoms with E-state index in [1.54, 1.807) is 0 Å². The van der Waals surface area contributed by atoms with Gasteiger partial charge in [0.2, 0.25) is 0 Å². The first-order valence-corrected chi connectivity index (χ1v) is 11.8. The standard InChI is InChI=1S/C27H38O4/c1-5-6-7-8-11-27(12-13-27)21-15-24(29)26(25(30)16-21)23-14-20(17-31-19(4)28)9-10-22(23)18(2)3/h14-16,22-23,29-30H,2,5-13,17H2,1,3-4H3/t22-,23+/m1/s1. The zero-order valence-electron chi connectivity index (χ0n) is 19.4. The van der Waals surface area contributed by atoms with Crippen LogP contribution in [0, 0.1) is 5.92 Å². The van der Waals surface area contributed by atoms with Gasteiger partial charge in [-0.1, -0.05) is 50.8 Å². The van der Waals surface area contributed by atoms with Crippen molar-refractivity contribution in [1.29, 1.82) is 0 Å². The first kappa shape index (κ1) is 23.4. The number of phenolic OH excluding ortho intramolecular Hbond substituents is 2. The fourth-order valence-electron chi connectivity index (χ4n) is 5.12. The third-order valence-electron chi connectivity index (χ3n) is 7.16. The van der Waals surface area contributed by atoms with Crippen LogP contribution >= 0.6 is 0 Å². The molecule has 0 heterocycles. The Morgan fingerprint density at radius 3 is 2.39 bits per heavy atom. The highest BCUT2D eigenvalue weighted by Gasteiger charge is 2.44. The van der Waals surface area contributed by atoms with Crippen LogP contribution in [-0.4, -0.2) is 22.8 Å². The number of allylic oxidation sites excluding steroid dienone is 2. The summed E-state index contributed by atoms with van der Waals surface area (Å²) < 4.78 is 5.19. The molecule has 1 fully saturated rings. The Morgan fingerprint density at radius 1 is 1.16 bits per heavy atom. The van der Waals surface area contributed by atoms with Gasteiger partial charge in [-0.15, -0.1) is 0 Å². The summed E-state index contributed by atoms with van der Waals surface area (Å²) in [6.45, 7) is 10.0. The topological polar surface area (TPSA) is 66.8 Å². The van der Waals surface area contributed by atoms with E-state index in [0.717, 1.165) is 48.8 Å². The van der Waals surface area contributed by atoms with E-state index in [4.69, 9.17) is 4.74 Å². The summed E-state index contributed by atoms with van der Waals surface area (Å²) in [5, 5.41) is 22.0. The van der Waals surface area contributed by atoms with E-state index in [0.29, 0.717) is 5.56 Å². The maximum atomic E-state index is 11.2. The van der Waals surface area contributed by atoms with E-state index in [1.807, 2.05) is 19.1 Å². The lowest BCUT2D eigenvalue weighted by Gasteiger charge is -2.32. The Balaban J connectivity index is 1.87. The molecule has 0 saturated heterocycles. The highest BCUT2D eigenvalue weighted by atomic mass is 16.5. The van der Waals surface area contributed by atoms with Crippen LogP contribution in [0.5, 0.6) is 11.5 Å². The number of hydrogen-bond acceptors (Lipinski definition) is 4. The van der Waals surface area contributed by atoms with Gasteiger partial charge in [-0.2, -0.15) is 0 Å². The zero-order valence-corrected chi connectivity index (χ0v) is 19.4. The maximum absolute atomic E-state index is 11.2. The Hall–Kier alpha value is -2.23. The van der Waals surface area contributed by atoms with Gasteiger partial charge >= 0.3 is 5.97 Å². The second-order valence-corrected chi connectivity index (χ2v) is 9.64. The number of phenols is 2. The normalized spacial score (nSPS) is 22.0. The second-order valence-electron chi connectivity index (χ2n) is 9.64. The largest absolute Gasteiger partial charge is 0.507 e. The van der Waals surface area contributed by atoms with Crippen LogP contribution < -0.4 is 0 Å². The second kappa shape index (κ2) is 9.93. The van der Waals surface area contributed by atoms with Gasteiger partial charge in [-0.25, -0.2) is 0 Å². The van der Waals surface area contributed by atoms with Crippen molar-refractivity contribution >= 4 is 5.97 Å². The van der Waals surface area contributed by atoms with Crippen LogP contribution in [-0.2, 0) is 14.9 Å². The van der Waals surface area contributed by atoms with Crippen molar-refractivity contribution in [3.63, 3.8) is 0 Å². The maximum Gasteiger partial charge on any atom is 0.302 e. The molecule has 3 rings (SSSR count). The average Bonchev–Trinajstić information content (AvgIpc) is 3.50. The van der Waals surface area contributed by atoms with E-state index in [2.05, 4.69) is 19.6 Å². The van der Waals surface area contributed by atoms with Gasteiger partial charge < -0.3 is 14.9 Å². The van der Waals surface area contributed by atoms with E-state index < -0.39 is 0 Å². The van der Waals surface area contributed by atoms with Crippen LogP contribution in [0.25, 0.3) is 0 Å². The third-order valence-corrected chi connectivity index (χ3v) is 7.16. The highest BCUT2D eigenvalue weighted by molar-refractivity contribution is 5.66. The third kappa shape index (κ3) is 5.53. The minimum atomic E-state index is -0.303. The van der Waals surface area contributed by atoms with Gasteiger partial charge in [0.15, 0.2) is 0 Å². The zero-order chi connectivity index (χ0) is 22.6. The van der Waals surface area contributed by atoms with Crippen LogP contribution in [0.15, 0.2) is 35.9 Å². The molecule has 1 saturated carbocycles. The Kier molecular flexibility index (Phi) is 7.51. The van der Waals surface area contributed by atoms with Crippen molar-refractivity contribution in [3.8, 4) is 11.5 Å². The number of carbonyl (C=O) groups is 1.